The fraction of sp³-hybridized carbons (Fsp3) is 0.632. The smallest absolute Gasteiger partial charge is 0.372 e. The van der Waals surface area contributed by atoms with Gasteiger partial charge in [0.05, 0.1) is 24.3 Å². The fourth-order valence-electron chi connectivity index (χ4n) is 3.72. The molecular weight excluding hydrogens is 359 g/mol. The lowest BCUT2D eigenvalue weighted by atomic mass is 10.1. The van der Waals surface area contributed by atoms with E-state index in [-0.39, 0.29) is 18.1 Å². The Balaban J connectivity index is 1.53. The lowest BCUT2D eigenvalue weighted by molar-refractivity contribution is -0.144. The van der Waals surface area contributed by atoms with Crippen molar-refractivity contribution in [3.8, 4) is 0 Å². The number of piperazine rings is 1. The predicted octanol–water partition coefficient (Wildman–Crippen LogP) is 2.46. The van der Waals surface area contributed by atoms with Crippen LogP contribution in [0.4, 0.5) is 18.9 Å². The molecule has 150 valence electrons. The Morgan fingerprint density at radius 1 is 1.11 bits per heavy atom. The molecule has 1 aromatic rings. The summed E-state index contributed by atoms with van der Waals surface area (Å²) in [6.45, 7) is 7.98. The molecule has 0 aliphatic carbocycles. The van der Waals surface area contributed by atoms with Crippen molar-refractivity contribution in [1.82, 2.24) is 9.80 Å². The minimum absolute atomic E-state index is 0.0375. The normalized spacial score (nSPS) is 24.9. The Kier molecular flexibility index (Phi) is 5.95. The van der Waals surface area contributed by atoms with Crippen LogP contribution in [0.5, 0.6) is 0 Å². The topological polar surface area (TPSA) is 36.0 Å². The predicted molar refractivity (Wildman–Crippen MR) is 96.7 cm³/mol. The van der Waals surface area contributed by atoms with E-state index in [1.807, 2.05) is 23.6 Å². The number of halogens is 3. The van der Waals surface area contributed by atoms with Gasteiger partial charge in [0.15, 0.2) is 0 Å². The van der Waals surface area contributed by atoms with E-state index in [0.717, 1.165) is 6.07 Å². The molecule has 8 heteroatoms. The largest absolute Gasteiger partial charge is 0.416 e. The van der Waals surface area contributed by atoms with Crippen LogP contribution in [0.25, 0.3) is 0 Å². The lowest BCUT2D eigenvalue weighted by Crippen LogP contribution is -2.54. The molecule has 2 saturated heterocycles. The number of hydrogen-bond acceptors (Lipinski definition) is 4. The molecule has 0 saturated carbocycles. The third kappa shape index (κ3) is 5.13. The molecule has 1 amide bonds. The van der Waals surface area contributed by atoms with Crippen LogP contribution in [0.15, 0.2) is 24.3 Å². The van der Waals surface area contributed by atoms with Crippen molar-refractivity contribution >= 4 is 11.6 Å². The Labute approximate surface area is 157 Å². The van der Waals surface area contributed by atoms with Gasteiger partial charge in [-0.15, -0.1) is 0 Å². The van der Waals surface area contributed by atoms with Crippen molar-refractivity contribution in [3.63, 3.8) is 0 Å². The van der Waals surface area contributed by atoms with Gasteiger partial charge in [-0.2, -0.15) is 13.2 Å². The molecule has 0 aromatic heterocycles. The minimum atomic E-state index is -4.34. The highest BCUT2D eigenvalue weighted by Gasteiger charge is 2.31. The highest BCUT2D eigenvalue weighted by atomic mass is 19.4. The van der Waals surface area contributed by atoms with Crippen LogP contribution in [0, 0.1) is 0 Å². The standard InChI is InChI=1S/C19H26F3N3O2/c1-14-11-25(12-15(2)27-14)18(26)13-23-6-8-24(9-7-23)17-5-3-4-16(10-17)19(20,21)22/h3-5,10,14-15H,6-9,11-13H2,1-2H3. The molecule has 1 aromatic carbocycles. The van der Waals surface area contributed by atoms with Crippen LogP contribution in [-0.4, -0.2) is 73.7 Å². The first kappa shape index (κ1) is 19.9. The number of alkyl halides is 3. The van der Waals surface area contributed by atoms with Crippen LogP contribution in [0.3, 0.4) is 0 Å². The summed E-state index contributed by atoms with van der Waals surface area (Å²) in [5.41, 5.74) is -0.0557. The molecule has 0 N–H and O–H groups in total. The van der Waals surface area contributed by atoms with Gasteiger partial charge in [-0.1, -0.05) is 6.07 Å². The van der Waals surface area contributed by atoms with Gasteiger partial charge in [-0.3, -0.25) is 9.69 Å². The number of nitrogens with zero attached hydrogens (tertiary/aromatic N) is 3. The lowest BCUT2D eigenvalue weighted by Gasteiger charge is -2.39. The van der Waals surface area contributed by atoms with Gasteiger partial charge in [0.1, 0.15) is 0 Å². The fourth-order valence-corrected chi connectivity index (χ4v) is 3.72. The number of rotatable bonds is 3. The third-order valence-corrected chi connectivity index (χ3v) is 5.04. The summed E-state index contributed by atoms with van der Waals surface area (Å²) in [7, 11) is 0. The molecule has 0 spiro atoms. The van der Waals surface area contributed by atoms with Gasteiger partial charge in [0.25, 0.3) is 0 Å². The van der Waals surface area contributed by atoms with E-state index in [9.17, 15) is 18.0 Å². The van der Waals surface area contributed by atoms with Crippen LogP contribution in [-0.2, 0) is 15.7 Å². The van der Waals surface area contributed by atoms with Crippen molar-refractivity contribution in [1.29, 1.82) is 0 Å². The number of anilines is 1. The van der Waals surface area contributed by atoms with Crippen LogP contribution >= 0.6 is 0 Å². The maximum absolute atomic E-state index is 12.9. The number of morpholine rings is 1. The van der Waals surface area contributed by atoms with Gasteiger partial charge in [-0.25, -0.2) is 0 Å². The molecule has 0 radical (unpaired) electrons. The molecule has 5 nitrogen and oxygen atoms in total. The average molecular weight is 385 g/mol. The van der Waals surface area contributed by atoms with Gasteiger partial charge in [-0.05, 0) is 32.0 Å². The summed E-state index contributed by atoms with van der Waals surface area (Å²) in [6.07, 6.45) is -4.26. The second kappa shape index (κ2) is 8.06. The van der Waals surface area contributed by atoms with E-state index in [1.165, 1.54) is 12.1 Å². The second-order valence-electron chi connectivity index (χ2n) is 7.37. The third-order valence-electron chi connectivity index (χ3n) is 5.04. The first-order valence-corrected chi connectivity index (χ1v) is 9.30. The molecule has 2 aliphatic heterocycles. The first-order valence-electron chi connectivity index (χ1n) is 9.30. The molecule has 2 aliphatic rings. The van der Waals surface area contributed by atoms with Crippen molar-refractivity contribution in [2.24, 2.45) is 0 Å². The van der Waals surface area contributed by atoms with Crippen molar-refractivity contribution in [3.05, 3.63) is 29.8 Å². The summed E-state index contributed by atoms with van der Waals surface area (Å²) in [5.74, 6) is 0.0875. The van der Waals surface area contributed by atoms with Crippen LogP contribution in [0.1, 0.15) is 19.4 Å². The molecular formula is C19H26F3N3O2. The van der Waals surface area contributed by atoms with Crippen molar-refractivity contribution < 1.29 is 22.7 Å². The van der Waals surface area contributed by atoms with E-state index in [2.05, 4.69) is 4.90 Å². The van der Waals surface area contributed by atoms with E-state index in [0.29, 0.717) is 51.5 Å². The second-order valence-corrected chi connectivity index (χ2v) is 7.37. The number of benzene rings is 1. The van der Waals surface area contributed by atoms with E-state index in [4.69, 9.17) is 4.74 Å². The quantitative estimate of drug-likeness (QED) is 0.801. The van der Waals surface area contributed by atoms with Crippen molar-refractivity contribution in [2.75, 3.05) is 50.7 Å². The van der Waals surface area contributed by atoms with E-state index < -0.39 is 11.7 Å². The van der Waals surface area contributed by atoms with E-state index >= 15 is 0 Å². The van der Waals surface area contributed by atoms with Gasteiger partial charge in [0.2, 0.25) is 5.91 Å². The van der Waals surface area contributed by atoms with Gasteiger partial charge < -0.3 is 14.5 Å². The zero-order chi connectivity index (χ0) is 19.6. The molecule has 2 heterocycles. The highest BCUT2D eigenvalue weighted by molar-refractivity contribution is 5.78. The molecule has 27 heavy (non-hydrogen) atoms. The molecule has 2 fully saturated rings. The Morgan fingerprint density at radius 3 is 2.33 bits per heavy atom. The monoisotopic (exact) mass is 385 g/mol. The van der Waals surface area contributed by atoms with Crippen LogP contribution in [0.2, 0.25) is 0 Å². The Hall–Kier alpha value is -1.80. The maximum Gasteiger partial charge on any atom is 0.416 e. The van der Waals surface area contributed by atoms with Crippen molar-refractivity contribution in [2.45, 2.75) is 32.2 Å². The first-order chi connectivity index (χ1) is 12.7. The highest BCUT2D eigenvalue weighted by Crippen LogP contribution is 2.31. The summed E-state index contributed by atoms with van der Waals surface area (Å²) >= 11 is 0. The zero-order valence-corrected chi connectivity index (χ0v) is 15.7. The van der Waals surface area contributed by atoms with E-state index in [1.54, 1.807) is 6.07 Å². The molecule has 2 unspecified atom stereocenters. The summed E-state index contributed by atoms with van der Waals surface area (Å²) < 4.78 is 44.3. The summed E-state index contributed by atoms with van der Waals surface area (Å²) in [5, 5.41) is 0. The summed E-state index contributed by atoms with van der Waals surface area (Å²) in [4.78, 5) is 18.4. The number of amides is 1. The SMILES string of the molecule is CC1CN(C(=O)CN2CCN(c3cccc(C(F)(F)F)c3)CC2)CC(C)O1. The average Bonchev–Trinajstić information content (AvgIpc) is 2.61. The minimum Gasteiger partial charge on any atom is -0.372 e. The maximum atomic E-state index is 12.9. The Morgan fingerprint density at radius 2 is 1.74 bits per heavy atom. The van der Waals surface area contributed by atoms with Gasteiger partial charge >= 0.3 is 6.18 Å². The number of ether oxygens (including phenoxy) is 1. The van der Waals surface area contributed by atoms with Gasteiger partial charge in [0, 0.05) is 45.0 Å². The Bertz CT molecular complexity index is 650. The number of carbonyl (C=O) groups is 1. The molecule has 2 atom stereocenters. The number of carbonyl (C=O) groups excluding carboxylic acids is 1. The zero-order valence-electron chi connectivity index (χ0n) is 15.7. The molecule has 3 rings (SSSR count). The number of hydrogen-bond donors (Lipinski definition) is 0. The van der Waals surface area contributed by atoms with Crippen LogP contribution < -0.4 is 4.90 Å². The molecule has 0 bridgehead atoms. The summed E-state index contributed by atoms with van der Waals surface area (Å²) in [6, 6.07) is 5.42.